The molecule has 2 aromatic carbocycles. The number of hydrogen-bond acceptors (Lipinski definition) is 12. The van der Waals surface area contributed by atoms with Crippen molar-refractivity contribution in [3.8, 4) is 0 Å². The Balaban J connectivity index is 0.000000201. The number of nitrogens with one attached hydrogen (secondary N) is 2. The van der Waals surface area contributed by atoms with Crippen LogP contribution in [0.3, 0.4) is 0 Å². The Morgan fingerprint density at radius 2 is 0.956 bits per heavy atom. The normalized spacial score (nSPS) is 21.4. The first-order valence-corrected chi connectivity index (χ1v) is 24.5. The third-order valence-corrected chi connectivity index (χ3v) is 14.1. The van der Waals surface area contributed by atoms with Crippen LogP contribution in [0, 0.1) is 11.8 Å². The molecule has 4 amide bonds. The number of likely N-dealkylation sites (tertiary alicyclic amines) is 2. The number of carbonyl (C=O) groups is 4. The maximum absolute atomic E-state index is 13.3. The minimum absolute atomic E-state index is 0.113. The maximum atomic E-state index is 13.3. The fraction of sp³-hybridized carbons (Fsp3) is 0.500. The summed E-state index contributed by atoms with van der Waals surface area (Å²) in [4.78, 5) is 73.8. The van der Waals surface area contributed by atoms with Crippen molar-refractivity contribution < 1.29 is 19.2 Å². The molecule has 4 fully saturated rings. The van der Waals surface area contributed by atoms with Crippen LogP contribution in [0.5, 0.6) is 0 Å². The van der Waals surface area contributed by atoms with Crippen LogP contribution in [0.1, 0.15) is 87.7 Å². The smallest absolute Gasteiger partial charge is 0.313 e. The zero-order chi connectivity index (χ0) is 48.5. The number of nitrogens with two attached hydrogens (primary N) is 2. The van der Waals surface area contributed by atoms with E-state index >= 15 is 0 Å². The molecular weight excluding hydrogens is 857 g/mol. The second kappa shape index (κ2) is 22.7. The number of piperidine rings is 2. The molecule has 0 spiro atoms. The van der Waals surface area contributed by atoms with Gasteiger partial charge in [0.05, 0.1) is 35.9 Å². The Bertz CT molecular complexity index is 2230. The predicted molar refractivity (Wildman–Crippen MR) is 271 cm³/mol. The second-order valence-corrected chi connectivity index (χ2v) is 19.2. The van der Waals surface area contributed by atoms with Crippen LogP contribution >= 0.6 is 0 Å². The largest absolute Gasteiger partial charge is 0.383 e. The zero-order valence-corrected chi connectivity index (χ0v) is 40.9. The number of rotatable bonds is 8. The number of likely N-dealkylation sites (N-methyl/N-ethyl adjacent to an activating group) is 2. The van der Waals surface area contributed by atoms with E-state index in [0.717, 1.165) is 100 Å². The van der Waals surface area contributed by atoms with Crippen LogP contribution in [-0.4, -0.2) is 133 Å². The Morgan fingerprint density at radius 1 is 0.574 bits per heavy atom. The molecule has 0 unspecified atom stereocenters. The van der Waals surface area contributed by atoms with E-state index in [1.165, 1.54) is 23.8 Å². The Hall–Kier alpha value is -6.26. The minimum Gasteiger partial charge on any atom is -0.383 e. The van der Waals surface area contributed by atoms with Crippen molar-refractivity contribution in [2.75, 3.05) is 111 Å². The minimum atomic E-state index is -0.636. The summed E-state index contributed by atoms with van der Waals surface area (Å²) < 4.78 is 0. The van der Waals surface area contributed by atoms with Crippen molar-refractivity contribution >= 4 is 58.0 Å². The summed E-state index contributed by atoms with van der Waals surface area (Å²) in [6.07, 6.45) is 8.13. The molecule has 68 heavy (non-hydrogen) atoms. The van der Waals surface area contributed by atoms with Crippen LogP contribution in [0.15, 0.2) is 73.1 Å². The number of piperazine rings is 2. The number of anilines is 6. The molecule has 4 atom stereocenters. The third-order valence-electron chi connectivity index (χ3n) is 14.1. The van der Waals surface area contributed by atoms with Gasteiger partial charge >= 0.3 is 23.6 Å². The molecule has 4 saturated heterocycles. The fourth-order valence-electron chi connectivity index (χ4n) is 9.81. The van der Waals surface area contributed by atoms with Crippen molar-refractivity contribution in [3.05, 3.63) is 95.3 Å². The summed E-state index contributed by atoms with van der Waals surface area (Å²) in [6.45, 7) is 17.4. The molecule has 0 radical (unpaired) electrons. The molecule has 364 valence electrons. The van der Waals surface area contributed by atoms with Gasteiger partial charge in [0, 0.05) is 76.8 Å². The Kier molecular flexibility index (Phi) is 16.6. The maximum Gasteiger partial charge on any atom is 0.313 e. The van der Waals surface area contributed by atoms with Crippen LogP contribution in [0.25, 0.3) is 0 Å². The lowest BCUT2D eigenvalue weighted by atomic mass is 9.89. The molecule has 6 heterocycles. The van der Waals surface area contributed by atoms with Gasteiger partial charge in [0.2, 0.25) is 0 Å². The lowest BCUT2D eigenvalue weighted by Gasteiger charge is -2.39. The van der Waals surface area contributed by atoms with Gasteiger partial charge in [-0.05, 0) is 123 Å². The molecule has 0 saturated carbocycles. The van der Waals surface area contributed by atoms with E-state index in [1.807, 2.05) is 13.8 Å². The van der Waals surface area contributed by atoms with E-state index in [1.54, 1.807) is 21.9 Å². The highest BCUT2D eigenvalue weighted by Gasteiger charge is 2.36. The monoisotopic (exact) mass is 929 g/mol. The number of nitrogens with zero attached hydrogens (tertiary/aromatic N) is 8. The average molecular weight is 929 g/mol. The molecule has 0 aliphatic carbocycles. The first-order valence-electron chi connectivity index (χ1n) is 24.5. The summed E-state index contributed by atoms with van der Waals surface area (Å²) in [6, 6.07) is 20.3. The lowest BCUT2D eigenvalue weighted by molar-refractivity contribution is -0.146. The fourth-order valence-corrected chi connectivity index (χ4v) is 9.81. The molecule has 2 aromatic heterocycles. The summed E-state index contributed by atoms with van der Waals surface area (Å²) >= 11 is 0. The van der Waals surface area contributed by atoms with Gasteiger partial charge in [0.25, 0.3) is 0 Å². The lowest BCUT2D eigenvalue weighted by Crippen LogP contribution is -2.46. The number of aromatic nitrogens is 2. The van der Waals surface area contributed by atoms with Gasteiger partial charge in [-0.15, -0.1) is 0 Å². The number of amides is 4. The number of benzene rings is 2. The topological polar surface area (TPSA) is 190 Å². The number of pyridine rings is 2. The predicted octanol–water partition coefficient (Wildman–Crippen LogP) is 5.83. The molecule has 0 bridgehead atoms. The molecular formula is C52H72N12O4. The molecule has 4 aliphatic heterocycles. The molecule has 8 rings (SSSR count). The van der Waals surface area contributed by atoms with Crippen molar-refractivity contribution in [1.82, 2.24) is 29.6 Å². The average Bonchev–Trinajstić information content (AvgIpc) is 3.35. The van der Waals surface area contributed by atoms with Crippen molar-refractivity contribution in [3.63, 3.8) is 0 Å². The van der Waals surface area contributed by atoms with Gasteiger partial charge in [-0.3, -0.25) is 19.2 Å². The van der Waals surface area contributed by atoms with Gasteiger partial charge in [0.15, 0.2) is 0 Å². The molecule has 4 aliphatic rings. The van der Waals surface area contributed by atoms with E-state index in [0.29, 0.717) is 60.8 Å². The van der Waals surface area contributed by atoms with Crippen LogP contribution in [0.4, 0.5) is 34.4 Å². The number of nitrogen functional groups attached to an aromatic ring is 2. The van der Waals surface area contributed by atoms with E-state index < -0.39 is 23.6 Å². The highest BCUT2D eigenvalue weighted by atomic mass is 16.2. The summed E-state index contributed by atoms with van der Waals surface area (Å²) in [5, 5.41) is 5.47. The second-order valence-electron chi connectivity index (χ2n) is 19.2. The van der Waals surface area contributed by atoms with Gasteiger partial charge in [-0.2, -0.15) is 0 Å². The van der Waals surface area contributed by atoms with Crippen molar-refractivity contribution in [2.24, 2.45) is 11.8 Å². The van der Waals surface area contributed by atoms with Crippen molar-refractivity contribution in [1.29, 1.82) is 0 Å². The highest BCUT2D eigenvalue weighted by Crippen LogP contribution is 2.37. The van der Waals surface area contributed by atoms with E-state index in [9.17, 15) is 19.2 Å². The van der Waals surface area contributed by atoms with Crippen LogP contribution in [0.2, 0.25) is 0 Å². The summed E-state index contributed by atoms with van der Waals surface area (Å²) in [7, 11) is 4.30. The van der Waals surface area contributed by atoms with Crippen LogP contribution < -0.4 is 31.9 Å². The van der Waals surface area contributed by atoms with E-state index in [4.69, 9.17) is 11.5 Å². The zero-order valence-electron chi connectivity index (χ0n) is 40.9. The van der Waals surface area contributed by atoms with E-state index in [-0.39, 0.29) is 12.1 Å². The summed E-state index contributed by atoms with van der Waals surface area (Å²) in [5.74, 6) is -0.704. The van der Waals surface area contributed by atoms with Gasteiger partial charge in [0.1, 0.15) is 11.6 Å². The SMILES string of the molecule is CCc1cc(NC(=O)C(=O)N2C[C@@H](C)CC[C@@H]2c2cccc(N3CCN(C)CC3)c2)cnc1N.CCc1cc(NC(=O)C(=O)N2C[C@@H](C)CC[C@@H]2c2cccc(N3CCN(C)CC3)c2)cnc1N. The quantitative estimate of drug-likeness (QED) is 0.155. The molecule has 4 aromatic rings. The third kappa shape index (κ3) is 12.2. The van der Waals surface area contributed by atoms with Crippen molar-refractivity contribution in [2.45, 2.75) is 78.3 Å². The molecule has 6 N–H and O–H groups in total. The van der Waals surface area contributed by atoms with Gasteiger partial charge in [-0.25, -0.2) is 9.97 Å². The molecule has 16 heteroatoms. The summed E-state index contributed by atoms with van der Waals surface area (Å²) in [5.41, 5.74) is 19.0. The first kappa shape index (κ1) is 49.6. The Labute approximate surface area is 402 Å². The van der Waals surface area contributed by atoms with Gasteiger partial charge < -0.3 is 51.5 Å². The number of carbonyl (C=O) groups excluding carboxylic acids is 4. The van der Waals surface area contributed by atoms with Crippen LogP contribution in [-0.2, 0) is 32.0 Å². The standard InChI is InChI=1S/2C26H36N6O2/c2*1-4-19-14-21(16-28-24(19)27)29-25(33)26(34)32-17-18(2)8-9-23(32)20-6-5-7-22(15-20)31-12-10-30(3)11-13-31/h2*5-7,14-16,18,23H,4,8-13,17H2,1-3H3,(H2,27,28)(H,29,33)/t2*18-,23+/m00/s1. The highest BCUT2D eigenvalue weighted by molar-refractivity contribution is 6.40. The Morgan fingerprint density at radius 3 is 1.32 bits per heavy atom. The number of aryl methyl sites for hydroxylation is 2. The molecule has 16 nitrogen and oxygen atoms in total. The van der Waals surface area contributed by atoms with Gasteiger partial charge in [-0.1, -0.05) is 52.0 Å². The first-order chi connectivity index (χ1) is 32.7. The van der Waals surface area contributed by atoms with E-state index in [2.05, 4.69) is 117 Å². The number of hydrogen-bond donors (Lipinski definition) is 4.